The van der Waals surface area contributed by atoms with Gasteiger partial charge >= 0.3 is 0 Å². The predicted molar refractivity (Wildman–Crippen MR) is 113 cm³/mol. The number of halogens is 1. The third-order valence-corrected chi connectivity index (χ3v) is 6.09. The minimum absolute atomic E-state index is 0.0350. The van der Waals surface area contributed by atoms with Gasteiger partial charge in [-0.2, -0.15) is 0 Å². The van der Waals surface area contributed by atoms with Gasteiger partial charge in [0.2, 0.25) is 5.91 Å². The molecule has 1 fully saturated rings. The van der Waals surface area contributed by atoms with Crippen molar-refractivity contribution < 1.29 is 18.7 Å². The Labute approximate surface area is 176 Å². The molecule has 4 rings (SSSR count). The van der Waals surface area contributed by atoms with Crippen LogP contribution in [0.15, 0.2) is 36.4 Å². The molecule has 2 aromatic rings. The molecule has 1 aliphatic carbocycles. The van der Waals surface area contributed by atoms with Gasteiger partial charge in [0.1, 0.15) is 23.4 Å². The predicted octanol–water partition coefficient (Wildman–Crippen LogP) is 3.97. The summed E-state index contributed by atoms with van der Waals surface area (Å²) in [7, 11) is 0. The second-order valence-corrected chi connectivity index (χ2v) is 8.28. The zero-order valence-corrected chi connectivity index (χ0v) is 17.3. The molecule has 1 saturated carbocycles. The summed E-state index contributed by atoms with van der Waals surface area (Å²) in [4.78, 5) is 11.4. The highest BCUT2D eigenvalue weighted by Gasteiger charge is 2.26. The van der Waals surface area contributed by atoms with Gasteiger partial charge in [-0.3, -0.25) is 4.79 Å². The molecule has 1 amide bonds. The smallest absolute Gasteiger partial charge is 0.233 e. The van der Waals surface area contributed by atoms with Crippen molar-refractivity contribution in [2.24, 2.45) is 5.73 Å². The summed E-state index contributed by atoms with van der Waals surface area (Å²) in [5.74, 6) is 1.37. The highest BCUT2D eigenvalue weighted by molar-refractivity contribution is 5.78. The maximum absolute atomic E-state index is 13.7. The van der Waals surface area contributed by atoms with Crippen molar-refractivity contribution in [3.05, 3.63) is 58.9 Å². The Balaban J connectivity index is 1.36. The number of hydrogen-bond donors (Lipinski definition) is 2. The fourth-order valence-corrected chi connectivity index (χ4v) is 4.42. The van der Waals surface area contributed by atoms with E-state index in [0.29, 0.717) is 0 Å². The van der Waals surface area contributed by atoms with Gasteiger partial charge in [-0.25, -0.2) is 4.39 Å². The number of carbonyl (C=O) groups is 1. The van der Waals surface area contributed by atoms with E-state index in [9.17, 15) is 9.18 Å². The molecule has 6 heteroatoms. The largest absolute Gasteiger partial charge is 0.490 e. The highest BCUT2D eigenvalue weighted by Crippen LogP contribution is 2.38. The van der Waals surface area contributed by atoms with Crippen LogP contribution in [0.4, 0.5) is 4.39 Å². The molecule has 1 aliphatic heterocycles. The first-order valence-electron chi connectivity index (χ1n) is 10.7. The Bertz CT molecular complexity index is 909. The van der Waals surface area contributed by atoms with Crippen LogP contribution >= 0.6 is 0 Å². The van der Waals surface area contributed by atoms with Crippen molar-refractivity contribution in [3.63, 3.8) is 0 Å². The van der Waals surface area contributed by atoms with Crippen molar-refractivity contribution in [1.82, 2.24) is 5.32 Å². The molecule has 2 aliphatic rings. The number of nitrogens with one attached hydrogen (secondary N) is 1. The minimum atomic E-state index is -0.231. The second-order valence-electron chi connectivity index (χ2n) is 8.28. The molecule has 0 bridgehead atoms. The quantitative estimate of drug-likeness (QED) is 0.780. The number of amides is 1. The average Bonchev–Trinajstić information content (AvgIpc) is 2.76. The van der Waals surface area contributed by atoms with E-state index in [2.05, 4.69) is 11.4 Å². The van der Waals surface area contributed by atoms with Crippen molar-refractivity contribution >= 4 is 5.91 Å². The first kappa shape index (κ1) is 20.7. The topological polar surface area (TPSA) is 73.6 Å². The van der Waals surface area contributed by atoms with Crippen molar-refractivity contribution in [3.8, 4) is 11.5 Å². The van der Waals surface area contributed by atoms with Crippen LogP contribution in [0.2, 0.25) is 0 Å². The average molecular weight is 413 g/mol. The van der Waals surface area contributed by atoms with Crippen molar-refractivity contribution in [2.75, 3.05) is 6.54 Å². The number of rotatable bonds is 5. The van der Waals surface area contributed by atoms with E-state index in [1.54, 1.807) is 12.1 Å². The van der Waals surface area contributed by atoms with Crippen LogP contribution in [0.25, 0.3) is 0 Å². The maximum Gasteiger partial charge on any atom is 0.233 e. The van der Waals surface area contributed by atoms with E-state index in [1.165, 1.54) is 6.07 Å². The fraction of sp³-hybridized carbons (Fsp3) is 0.458. The third kappa shape index (κ3) is 4.75. The van der Waals surface area contributed by atoms with Gasteiger partial charge in [-0.05, 0) is 92.5 Å². The Morgan fingerprint density at radius 1 is 1.17 bits per heavy atom. The molecule has 5 nitrogen and oxygen atoms in total. The summed E-state index contributed by atoms with van der Waals surface area (Å²) in [6.07, 6.45) is 5.32. The van der Waals surface area contributed by atoms with Crippen LogP contribution in [0.1, 0.15) is 54.9 Å². The minimum Gasteiger partial charge on any atom is -0.490 e. The van der Waals surface area contributed by atoms with Crippen LogP contribution in [-0.2, 0) is 11.2 Å². The van der Waals surface area contributed by atoms with Gasteiger partial charge in [0.15, 0.2) is 0 Å². The van der Waals surface area contributed by atoms with E-state index < -0.39 is 0 Å². The van der Waals surface area contributed by atoms with E-state index in [4.69, 9.17) is 15.2 Å². The number of nitrogens with two attached hydrogens (primary N) is 1. The number of ether oxygens (including phenoxy) is 2. The Morgan fingerprint density at radius 2 is 1.97 bits per heavy atom. The van der Waals surface area contributed by atoms with Crippen LogP contribution in [0.3, 0.4) is 0 Å². The number of carbonyl (C=O) groups excluding carboxylic acids is 1. The molecule has 30 heavy (non-hydrogen) atoms. The van der Waals surface area contributed by atoms with Crippen LogP contribution in [0, 0.1) is 12.7 Å². The molecule has 2 aromatic carbocycles. The molecule has 1 unspecified atom stereocenters. The molecule has 0 aromatic heterocycles. The second kappa shape index (κ2) is 9.04. The van der Waals surface area contributed by atoms with Crippen molar-refractivity contribution in [2.45, 2.75) is 63.7 Å². The van der Waals surface area contributed by atoms with E-state index >= 15 is 0 Å². The van der Waals surface area contributed by atoms with Gasteiger partial charge in [0.05, 0.1) is 12.6 Å². The van der Waals surface area contributed by atoms with Gasteiger partial charge < -0.3 is 20.5 Å². The molecule has 0 spiro atoms. The lowest BCUT2D eigenvalue weighted by Gasteiger charge is -2.30. The Morgan fingerprint density at radius 3 is 2.73 bits per heavy atom. The lowest BCUT2D eigenvalue weighted by molar-refractivity contribution is -0.120. The van der Waals surface area contributed by atoms with Crippen LogP contribution in [-0.4, -0.2) is 24.6 Å². The lowest BCUT2D eigenvalue weighted by atomic mass is 9.92. The number of fused-ring (bicyclic) bond motifs is 1. The highest BCUT2D eigenvalue weighted by atomic mass is 19.1. The van der Waals surface area contributed by atoms with Gasteiger partial charge in [0, 0.05) is 6.04 Å². The monoisotopic (exact) mass is 412 g/mol. The van der Waals surface area contributed by atoms with E-state index in [0.717, 1.165) is 66.7 Å². The molecule has 0 radical (unpaired) electrons. The number of hydrogen-bond acceptors (Lipinski definition) is 4. The zero-order valence-electron chi connectivity index (χ0n) is 17.3. The van der Waals surface area contributed by atoms with Crippen LogP contribution in [0.5, 0.6) is 11.5 Å². The van der Waals surface area contributed by atoms with Crippen molar-refractivity contribution in [1.29, 1.82) is 0 Å². The standard InChI is InChI=1S/C24H29FN2O3/c1-15-2-4-17(25)13-21(15)23-10-3-16-12-20(9-11-22(16)30-23)29-19-7-5-18(6-8-19)27-24(28)14-26/h2,4,9,11-13,18-19,23H,3,5-8,10,14,26H2,1H3,(H,27,28)/t18-,19-,23?. The van der Waals surface area contributed by atoms with E-state index in [-0.39, 0.29) is 36.5 Å². The SMILES string of the molecule is Cc1ccc(F)cc1C1CCc2cc(O[C@H]3CC[C@H](NC(=O)CN)CC3)ccc2O1. The summed E-state index contributed by atoms with van der Waals surface area (Å²) < 4.78 is 26.1. The molecular weight excluding hydrogens is 383 g/mol. The van der Waals surface area contributed by atoms with Gasteiger partial charge in [-0.15, -0.1) is 0 Å². The summed E-state index contributed by atoms with van der Waals surface area (Å²) >= 11 is 0. The number of aryl methyl sites for hydroxylation is 2. The van der Waals surface area contributed by atoms with E-state index in [1.807, 2.05) is 19.1 Å². The van der Waals surface area contributed by atoms with Gasteiger partial charge in [-0.1, -0.05) is 6.07 Å². The summed E-state index contributed by atoms with van der Waals surface area (Å²) in [5, 5.41) is 2.96. The maximum atomic E-state index is 13.7. The Hall–Kier alpha value is -2.60. The summed E-state index contributed by atoms with van der Waals surface area (Å²) in [5.41, 5.74) is 8.45. The lowest BCUT2D eigenvalue weighted by Crippen LogP contribution is -2.42. The molecule has 1 atom stereocenters. The number of benzene rings is 2. The first-order valence-corrected chi connectivity index (χ1v) is 10.7. The Kier molecular flexibility index (Phi) is 6.23. The first-order chi connectivity index (χ1) is 14.5. The summed E-state index contributed by atoms with van der Waals surface area (Å²) in [6, 6.07) is 11.0. The van der Waals surface area contributed by atoms with Crippen LogP contribution < -0.4 is 20.5 Å². The fourth-order valence-electron chi connectivity index (χ4n) is 4.42. The zero-order chi connectivity index (χ0) is 21.1. The third-order valence-electron chi connectivity index (χ3n) is 6.09. The van der Waals surface area contributed by atoms with Gasteiger partial charge in [0.25, 0.3) is 0 Å². The molecule has 0 saturated heterocycles. The molecule has 1 heterocycles. The molecule has 160 valence electrons. The molecule has 3 N–H and O–H groups in total. The molecular formula is C24H29FN2O3. The normalized spacial score (nSPS) is 23.2. The summed E-state index contributed by atoms with van der Waals surface area (Å²) in [6.45, 7) is 2.02.